The number of hydrogen-bond donors (Lipinski definition) is 2. The molecule has 94 valence electrons. The molecule has 2 N–H and O–H groups in total. The predicted molar refractivity (Wildman–Crippen MR) is 65.0 cm³/mol. The maximum absolute atomic E-state index is 12.9. The van der Waals surface area contributed by atoms with Gasteiger partial charge in [0.05, 0.1) is 0 Å². The Morgan fingerprint density at radius 2 is 1.61 bits per heavy atom. The van der Waals surface area contributed by atoms with Crippen LogP contribution in [0.2, 0.25) is 0 Å². The van der Waals surface area contributed by atoms with Crippen molar-refractivity contribution in [1.29, 1.82) is 0 Å². The normalized spacial score (nSPS) is 10.6. The van der Waals surface area contributed by atoms with Crippen LogP contribution < -0.4 is 5.32 Å². The zero-order chi connectivity index (χ0) is 13.0. The van der Waals surface area contributed by atoms with Gasteiger partial charge in [-0.15, -0.1) is 0 Å². The highest BCUT2D eigenvalue weighted by atomic mass is 19.1. The van der Waals surface area contributed by atoms with Crippen LogP contribution in [-0.2, 0) is 13.1 Å². The van der Waals surface area contributed by atoms with Gasteiger partial charge in [-0.2, -0.15) is 0 Å². The van der Waals surface area contributed by atoms with Crippen LogP contribution in [0, 0.1) is 11.6 Å². The van der Waals surface area contributed by atoms with Gasteiger partial charge in [0.2, 0.25) is 0 Å². The molecule has 0 bridgehead atoms. The number of para-hydroxylation sites is 1. The van der Waals surface area contributed by atoms with Crippen LogP contribution >= 0.6 is 0 Å². The van der Waals surface area contributed by atoms with Crippen LogP contribution in [0.4, 0.5) is 8.78 Å². The number of benzene rings is 2. The average Bonchev–Trinajstić information content (AvgIpc) is 2.30. The van der Waals surface area contributed by atoms with Crippen molar-refractivity contribution in [2.45, 2.75) is 13.1 Å². The Morgan fingerprint density at radius 3 is 2.28 bits per heavy atom. The van der Waals surface area contributed by atoms with E-state index < -0.39 is 11.6 Å². The fourth-order valence-corrected chi connectivity index (χ4v) is 1.71. The Balaban J connectivity index is 1.94. The lowest BCUT2D eigenvalue weighted by molar-refractivity contribution is 0.464. The maximum Gasteiger partial charge on any atom is 0.126 e. The molecule has 2 aromatic rings. The summed E-state index contributed by atoms with van der Waals surface area (Å²) < 4.78 is 25.9. The van der Waals surface area contributed by atoms with E-state index in [1.807, 2.05) is 6.07 Å². The molecular weight excluding hydrogens is 236 g/mol. The molecule has 0 saturated heterocycles. The molecule has 0 heterocycles. The van der Waals surface area contributed by atoms with Crippen LogP contribution in [0.25, 0.3) is 0 Å². The number of phenols is 1. The van der Waals surface area contributed by atoms with Gasteiger partial charge in [-0.1, -0.05) is 18.2 Å². The first-order valence-electron chi connectivity index (χ1n) is 5.58. The second-order valence-corrected chi connectivity index (χ2v) is 4.01. The van der Waals surface area contributed by atoms with Crippen molar-refractivity contribution < 1.29 is 13.9 Å². The predicted octanol–water partition coefficient (Wildman–Crippen LogP) is 2.96. The number of hydrogen-bond acceptors (Lipinski definition) is 2. The highest BCUT2D eigenvalue weighted by molar-refractivity contribution is 5.31. The second-order valence-electron chi connectivity index (χ2n) is 4.01. The first-order valence-corrected chi connectivity index (χ1v) is 5.58. The molecule has 0 saturated carbocycles. The standard InChI is InChI=1S/C14H13F2NO/c15-12-5-10(6-13(16)7-12)8-17-9-11-3-1-2-4-14(11)18/h1-7,17-18H,8-9H2. The minimum Gasteiger partial charge on any atom is -0.508 e. The van der Waals surface area contributed by atoms with E-state index in [2.05, 4.69) is 5.32 Å². The molecule has 2 nitrogen and oxygen atoms in total. The van der Waals surface area contributed by atoms with E-state index in [1.54, 1.807) is 18.2 Å². The smallest absolute Gasteiger partial charge is 0.126 e. The molecule has 2 rings (SSSR count). The van der Waals surface area contributed by atoms with Gasteiger partial charge in [0, 0.05) is 24.7 Å². The van der Waals surface area contributed by atoms with Crippen molar-refractivity contribution in [3.63, 3.8) is 0 Å². The van der Waals surface area contributed by atoms with Crippen LogP contribution in [0.5, 0.6) is 5.75 Å². The summed E-state index contributed by atoms with van der Waals surface area (Å²) in [5, 5.41) is 12.6. The van der Waals surface area contributed by atoms with E-state index in [-0.39, 0.29) is 5.75 Å². The molecule has 0 aliphatic carbocycles. The summed E-state index contributed by atoms with van der Waals surface area (Å²) in [6.07, 6.45) is 0. The maximum atomic E-state index is 12.9. The molecule has 2 aromatic carbocycles. The molecule has 0 fully saturated rings. The highest BCUT2D eigenvalue weighted by Crippen LogP contribution is 2.15. The third-order valence-corrected chi connectivity index (χ3v) is 2.56. The number of rotatable bonds is 4. The molecule has 0 aliphatic heterocycles. The molecule has 0 aliphatic rings. The molecule has 0 spiro atoms. The van der Waals surface area contributed by atoms with E-state index in [0.717, 1.165) is 11.6 Å². The van der Waals surface area contributed by atoms with Gasteiger partial charge >= 0.3 is 0 Å². The van der Waals surface area contributed by atoms with Gasteiger partial charge in [0.1, 0.15) is 17.4 Å². The van der Waals surface area contributed by atoms with E-state index in [0.29, 0.717) is 18.7 Å². The minimum atomic E-state index is -0.589. The van der Waals surface area contributed by atoms with Crippen molar-refractivity contribution in [3.8, 4) is 5.75 Å². The molecule has 4 heteroatoms. The molecular formula is C14H13F2NO. The van der Waals surface area contributed by atoms with E-state index >= 15 is 0 Å². The molecule has 18 heavy (non-hydrogen) atoms. The molecule has 0 aromatic heterocycles. The number of aromatic hydroxyl groups is 1. The lowest BCUT2D eigenvalue weighted by atomic mass is 10.2. The van der Waals surface area contributed by atoms with E-state index in [1.165, 1.54) is 12.1 Å². The van der Waals surface area contributed by atoms with Gasteiger partial charge < -0.3 is 10.4 Å². The number of phenolic OH excluding ortho intramolecular Hbond substituents is 1. The summed E-state index contributed by atoms with van der Waals surface area (Å²) in [5.74, 6) is -0.973. The van der Waals surface area contributed by atoms with Crippen molar-refractivity contribution >= 4 is 0 Å². The first kappa shape index (κ1) is 12.5. The fourth-order valence-electron chi connectivity index (χ4n) is 1.71. The monoisotopic (exact) mass is 249 g/mol. The van der Waals surface area contributed by atoms with E-state index in [9.17, 15) is 13.9 Å². The van der Waals surface area contributed by atoms with Gasteiger partial charge in [0.15, 0.2) is 0 Å². The zero-order valence-corrected chi connectivity index (χ0v) is 9.66. The summed E-state index contributed by atoms with van der Waals surface area (Å²) in [6.45, 7) is 0.772. The lowest BCUT2D eigenvalue weighted by Crippen LogP contribution is -2.13. The SMILES string of the molecule is Oc1ccccc1CNCc1cc(F)cc(F)c1. The van der Waals surface area contributed by atoms with Gasteiger partial charge in [0.25, 0.3) is 0 Å². The van der Waals surface area contributed by atoms with Gasteiger partial charge in [-0.3, -0.25) is 0 Å². The molecule has 0 amide bonds. The molecule has 0 unspecified atom stereocenters. The van der Waals surface area contributed by atoms with Crippen molar-refractivity contribution in [1.82, 2.24) is 5.32 Å². The summed E-state index contributed by atoms with van der Waals surface area (Å²) in [5.41, 5.74) is 1.28. The largest absolute Gasteiger partial charge is 0.508 e. The Bertz CT molecular complexity index is 523. The quantitative estimate of drug-likeness (QED) is 0.873. The second kappa shape index (κ2) is 5.60. The van der Waals surface area contributed by atoms with E-state index in [4.69, 9.17) is 0 Å². The van der Waals surface area contributed by atoms with Crippen LogP contribution in [0.1, 0.15) is 11.1 Å². The number of nitrogens with one attached hydrogen (secondary N) is 1. The fraction of sp³-hybridized carbons (Fsp3) is 0.143. The van der Waals surface area contributed by atoms with Crippen molar-refractivity contribution in [2.24, 2.45) is 0 Å². The summed E-state index contributed by atoms with van der Waals surface area (Å²) in [6, 6.07) is 10.3. The summed E-state index contributed by atoms with van der Waals surface area (Å²) in [7, 11) is 0. The summed E-state index contributed by atoms with van der Waals surface area (Å²) >= 11 is 0. The Hall–Kier alpha value is -1.94. The number of halogens is 2. The lowest BCUT2D eigenvalue weighted by Gasteiger charge is -2.07. The Kier molecular flexibility index (Phi) is 3.89. The Morgan fingerprint density at radius 1 is 0.944 bits per heavy atom. The third-order valence-electron chi connectivity index (χ3n) is 2.56. The van der Waals surface area contributed by atoms with Crippen LogP contribution in [0.15, 0.2) is 42.5 Å². The zero-order valence-electron chi connectivity index (χ0n) is 9.66. The van der Waals surface area contributed by atoms with Crippen LogP contribution in [-0.4, -0.2) is 5.11 Å². The third kappa shape index (κ3) is 3.28. The Labute approximate surface area is 104 Å². The minimum absolute atomic E-state index is 0.204. The molecule has 0 atom stereocenters. The van der Waals surface area contributed by atoms with Crippen molar-refractivity contribution in [2.75, 3.05) is 0 Å². The first-order chi connectivity index (χ1) is 8.65. The van der Waals surface area contributed by atoms with Crippen molar-refractivity contribution in [3.05, 3.63) is 65.2 Å². The highest BCUT2D eigenvalue weighted by Gasteiger charge is 2.02. The van der Waals surface area contributed by atoms with Gasteiger partial charge in [-0.05, 0) is 23.8 Å². The topological polar surface area (TPSA) is 32.3 Å². The average molecular weight is 249 g/mol. The molecule has 0 radical (unpaired) electrons. The van der Waals surface area contributed by atoms with Gasteiger partial charge in [-0.25, -0.2) is 8.78 Å². The summed E-state index contributed by atoms with van der Waals surface area (Å²) in [4.78, 5) is 0. The van der Waals surface area contributed by atoms with Crippen LogP contribution in [0.3, 0.4) is 0 Å².